The Labute approximate surface area is 156 Å². The summed E-state index contributed by atoms with van der Waals surface area (Å²) in [6.07, 6.45) is 2.51. The number of hydrogen-bond donors (Lipinski definition) is 1. The molecule has 9 heteroatoms. The maximum Gasteiger partial charge on any atom is 0.268 e. The molecule has 1 aromatic rings. The maximum absolute atomic E-state index is 13.4. The van der Waals surface area contributed by atoms with Crippen molar-refractivity contribution in [2.24, 2.45) is 0 Å². The molecule has 2 aliphatic heterocycles. The highest BCUT2D eigenvalue weighted by atomic mass is 19.3. The third-order valence-electron chi connectivity index (χ3n) is 4.98. The number of anilines is 1. The van der Waals surface area contributed by atoms with E-state index in [-0.39, 0.29) is 12.6 Å². The minimum absolute atomic E-state index is 0.0476. The van der Waals surface area contributed by atoms with Crippen molar-refractivity contribution in [2.75, 3.05) is 31.1 Å². The first-order chi connectivity index (χ1) is 12.9. The van der Waals surface area contributed by atoms with Crippen molar-refractivity contribution < 1.29 is 13.6 Å². The van der Waals surface area contributed by atoms with Gasteiger partial charge in [-0.1, -0.05) is 0 Å². The van der Waals surface area contributed by atoms with Gasteiger partial charge in [0.1, 0.15) is 17.9 Å². The second-order valence-corrected chi connectivity index (χ2v) is 6.89. The normalized spacial score (nSPS) is 22.3. The first-order valence-corrected chi connectivity index (χ1v) is 8.83. The zero-order valence-electron chi connectivity index (χ0n) is 14.7. The smallest absolute Gasteiger partial charge is 0.268 e. The molecule has 1 amide bonds. The van der Waals surface area contributed by atoms with Gasteiger partial charge in [0.15, 0.2) is 0 Å². The van der Waals surface area contributed by atoms with E-state index in [2.05, 4.69) is 15.2 Å². The molecule has 0 aromatic carbocycles. The van der Waals surface area contributed by atoms with Crippen LogP contribution in [0.3, 0.4) is 0 Å². The summed E-state index contributed by atoms with van der Waals surface area (Å²) in [5.74, 6) is -2.65. The number of likely N-dealkylation sites (tertiary alicyclic amines) is 1. The Morgan fingerprint density at radius 1 is 1.33 bits per heavy atom. The quantitative estimate of drug-likeness (QED) is 0.853. The number of piperidine rings is 1. The summed E-state index contributed by atoms with van der Waals surface area (Å²) < 4.78 is 26.9. The summed E-state index contributed by atoms with van der Waals surface area (Å²) in [6, 6.07) is 6.40. The SMILES string of the molecule is N#Cc1ccc(N2CCC(NCC(=O)N3CC(F)(F)CC3C#N)CC2)nc1. The molecular weight excluding hydrogens is 354 g/mol. The van der Waals surface area contributed by atoms with Crippen molar-refractivity contribution >= 4 is 11.7 Å². The van der Waals surface area contributed by atoms with Crippen molar-refractivity contribution in [3.05, 3.63) is 23.9 Å². The summed E-state index contributed by atoms with van der Waals surface area (Å²) in [5, 5.41) is 20.9. The number of carbonyl (C=O) groups is 1. The van der Waals surface area contributed by atoms with Crippen molar-refractivity contribution in [2.45, 2.75) is 37.3 Å². The van der Waals surface area contributed by atoms with Gasteiger partial charge in [-0.05, 0) is 25.0 Å². The van der Waals surface area contributed by atoms with Gasteiger partial charge in [-0.2, -0.15) is 10.5 Å². The fourth-order valence-electron chi connectivity index (χ4n) is 3.48. The number of alkyl halides is 2. The number of carbonyl (C=O) groups excluding carboxylic acids is 1. The number of nitrogens with one attached hydrogen (secondary N) is 1. The number of nitriles is 2. The molecule has 7 nitrogen and oxygen atoms in total. The van der Waals surface area contributed by atoms with E-state index in [0.29, 0.717) is 5.56 Å². The summed E-state index contributed by atoms with van der Waals surface area (Å²) in [6.45, 7) is 0.753. The number of pyridine rings is 1. The van der Waals surface area contributed by atoms with Crippen LogP contribution in [0, 0.1) is 22.7 Å². The molecule has 1 N–H and O–H groups in total. The van der Waals surface area contributed by atoms with E-state index < -0.39 is 30.8 Å². The zero-order valence-corrected chi connectivity index (χ0v) is 14.7. The lowest BCUT2D eigenvalue weighted by molar-refractivity contribution is -0.131. The van der Waals surface area contributed by atoms with Gasteiger partial charge in [0.2, 0.25) is 5.91 Å². The largest absolute Gasteiger partial charge is 0.357 e. The topological polar surface area (TPSA) is 96.0 Å². The van der Waals surface area contributed by atoms with Gasteiger partial charge in [0.05, 0.1) is 24.7 Å². The van der Waals surface area contributed by atoms with Gasteiger partial charge in [-0.15, -0.1) is 0 Å². The average molecular weight is 374 g/mol. The van der Waals surface area contributed by atoms with Crippen molar-refractivity contribution in [1.29, 1.82) is 10.5 Å². The number of amides is 1. The minimum atomic E-state index is -2.99. The minimum Gasteiger partial charge on any atom is -0.357 e. The molecule has 0 spiro atoms. The van der Waals surface area contributed by atoms with Crippen molar-refractivity contribution in [3.8, 4) is 12.1 Å². The summed E-state index contributed by atoms with van der Waals surface area (Å²) in [4.78, 5) is 19.6. The Bertz CT molecular complexity index is 762. The fraction of sp³-hybridized carbons (Fsp3) is 0.556. The second-order valence-electron chi connectivity index (χ2n) is 6.89. The van der Waals surface area contributed by atoms with Crippen molar-refractivity contribution in [1.82, 2.24) is 15.2 Å². The average Bonchev–Trinajstić information content (AvgIpc) is 3.01. The Morgan fingerprint density at radius 3 is 2.67 bits per heavy atom. The summed E-state index contributed by atoms with van der Waals surface area (Å²) in [7, 11) is 0. The van der Waals surface area contributed by atoms with Crippen molar-refractivity contribution in [3.63, 3.8) is 0 Å². The van der Waals surface area contributed by atoms with Gasteiger partial charge < -0.3 is 15.1 Å². The molecule has 27 heavy (non-hydrogen) atoms. The Balaban J connectivity index is 1.46. The van der Waals surface area contributed by atoms with Crippen LogP contribution in [0.5, 0.6) is 0 Å². The number of nitrogens with zero attached hydrogens (tertiary/aromatic N) is 5. The summed E-state index contributed by atoms with van der Waals surface area (Å²) >= 11 is 0. The third kappa shape index (κ3) is 4.50. The first kappa shape index (κ1) is 19.0. The second kappa shape index (κ2) is 7.85. The van der Waals surface area contributed by atoms with Crippen LogP contribution >= 0.6 is 0 Å². The van der Waals surface area contributed by atoms with Crippen LogP contribution in [-0.2, 0) is 4.79 Å². The number of aromatic nitrogens is 1. The van der Waals surface area contributed by atoms with Crippen LogP contribution in [0.15, 0.2) is 18.3 Å². The fourth-order valence-corrected chi connectivity index (χ4v) is 3.48. The molecular formula is C18H20F2N6O. The molecule has 1 unspecified atom stereocenters. The lowest BCUT2D eigenvalue weighted by atomic mass is 10.0. The Hall–Kier alpha value is -2.78. The van der Waals surface area contributed by atoms with E-state index >= 15 is 0 Å². The molecule has 1 atom stereocenters. The predicted molar refractivity (Wildman–Crippen MR) is 92.9 cm³/mol. The third-order valence-corrected chi connectivity index (χ3v) is 4.98. The molecule has 1 aromatic heterocycles. The molecule has 142 valence electrons. The van der Waals surface area contributed by atoms with Crippen LogP contribution < -0.4 is 10.2 Å². The van der Waals surface area contributed by atoms with Gasteiger partial charge >= 0.3 is 0 Å². The number of halogens is 2. The van der Waals surface area contributed by atoms with Gasteiger partial charge in [-0.3, -0.25) is 4.79 Å². The molecule has 2 saturated heterocycles. The molecule has 0 bridgehead atoms. The van der Waals surface area contributed by atoms with E-state index in [0.717, 1.165) is 36.6 Å². The van der Waals surface area contributed by atoms with Gasteiger partial charge in [-0.25, -0.2) is 13.8 Å². The molecule has 0 saturated carbocycles. The predicted octanol–water partition coefficient (Wildman–Crippen LogP) is 1.27. The molecule has 3 rings (SSSR count). The molecule has 0 radical (unpaired) electrons. The van der Waals surface area contributed by atoms with E-state index in [1.54, 1.807) is 12.1 Å². The zero-order chi connectivity index (χ0) is 19.4. The highest BCUT2D eigenvalue weighted by Crippen LogP contribution is 2.31. The van der Waals surface area contributed by atoms with Gasteiger partial charge in [0.25, 0.3) is 5.92 Å². The monoisotopic (exact) mass is 374 g/mol. The van der Waals surface area contributed by atoms with Crippen LogP contribution in [0.1, 0.15) is 24.8 Å². The molecule has 2 aliphatic rings. The van der Waals surface area contributed by atoms with Crippen LogP contribution in [0.25, 0.3) is 0 Å². The lowest BCUT2D eigenvalue weighted by Gasteiger charge is -2.33. The van der Waals surface area contributed by atoms with E-state index in [4.69, 9.17) is 10.5 Å². The lowest BCUT2D eigenvalue weighted by Crippen LogP contribution is -2.47. The number of hydrogen-bond acceptors (Lipinski definition) is 6. The first-order valence-electron chi connectivity index (χ1n) is 8.83. The highest BCUT2D eigenvalue weighted by Gasteiger charge is 2.47. The van der Waals surface area contributed by atoms with Gasteiger partial charge in [0, 0.05) is 31.7 Å². The van der Waals surface area contributed by atoms with E-state index in [1.165, 1.54) is 6.20 Å². The molecule has 0 aliphatic carbocycles. The molecule has 3 heterocycles. The summed E-state index contributed by atoms with van der Waals surface area (Å²) in [5.41, 5.74) is 0.511. The van der Waals surface area contributed by atoms with E-state index in [9.17, 15) is 13.6 Å². The number of rotatable bonds is 4. The Morgan fingerprint density at radius 2 is 2.07 bits per heavy atom. The van der Waals surface area contributed by atoms with Crippen LogP contribution in [0.4, 0.5) is 14.6 Å². The van der Waals surface area contributed by atoms with E-state index in [1.807, 2.05) is 12.1 Å². The molecule has 2 fully saturated rings. The maximum atomic E-state index is 13.4. The standard InChI is InChI=1S/C18H20F2N6O/c19-18(20)7-15(9-22)26(12-18)17(27)11-23-14-3-5-25(6-4-14)16-2-1-13(8-21)10-24-16/h1-2,10,14-15,23H,3-7,11-12H2. The van der Waals surface area contributed by atoms with Crippen LogP contribution in [0.2, 0.25) is 0 Å². The highest BCUT2D eigenvalue weighted by molar-refractivity contribution is 5.79. The van der Waals surface area contributed by atoms with Crippen LogP contribution in [-0.4, -0.2) is 60.0 Å². The Kier molecular flexibility index (Phi) is 5.52.